The highest BCUT2D eigenvalue weighted by molar-refractivity contribution is 5.93. The van der Waals surface area contributed by atoms with Gasteiger partial charge in [-0.25, -0.2) is 5.43 Å². The van der Waals surface area contributed by atoms with Crippen molar-refractivity contribution in [1.29, 1.82) is 0 Å². The van der Waals surface area contributed by atoms with Crippen LogP contribution in [0.1, 0.15) is 44.5 Å². The van der Waals surface area contributed by atoms with Crippen LogP contribution < -0.4 is 26.2 Å². The van der Waals surface area contributed by atoms with Crippen LogP contribution in [0.2, 0.25) is 0 Å². The minimum absolute atomic E-state index is 0.0536. The van der Waals surface area contributed by atoms with Gasteiger partial charge in [0, 0.05) is 67.3 Å². The number of rotatable bonds is 10. The highest BCUT2D eigenvalue weighted by Crippen LogP contribution is 2.28. The van der Waals surface area contributed by atoms with Gasteiger partial charge in [0.15, 0.2) is 6.29 Å². The van der Waals surface area contributed by atoms with E-state index in [4.69, 9.17) is 10.5 Å². The number of hydrogen-bond acceptors (Lipinski definition) is 9. The third kappa shape index (κ3) is 6.44. The Balaban J connectivity index is 1.78. The quantitative estimate of drug-likeness (QED) is 0.146. The highest BCUT2D eigenvalue weighted by atomic mass is 16.6. The van der Waals surface area contributed by atoms with Gasteiger partial charge in [0.2, 0.25) is 6.29 Å². The molecule has 1 atom stereocenters. The number of nitrogens with two attached hydrogens (primary N) is 1. The smallest absolute Gasteiger partial charge is 0.265 e. The van der Waals surface area contributed by atoms with Crippen LogP contribution in [0.15, 0.2) is 54.5 Å². The normalized spacial score (nSPS) is 12.1. The van der Waals surface area contributed by atoms with Gasteiger partial charge >= 0.3 is 0 Å². The third-order valence-corrected chi connectivity index (χ3v) is 5.47. The molecule has 10 nitrogen and oxygen atoms in total. The van der Waals surface area contributed by atoms with E-state index in [2.05, 4.69) is 20.8 Å². The number of hydrogen-bond donors (Lipinski definition) is 4. The Morgan fingerprint density at radius 2 is 1.94 bits per heavy atom. The van der Waals surface area contributed by atoms with Crippen molar-refractivity contribution in [2.45, 2.75) is 26.7 Å². The summed E-state index contributed by atoms with van der Waals surface area (Å²) in [6.45, 7) is 3.47. The van der Waals surface area contributed by atoms with Crippen LogP contribution in [0.5, 0.6) is 5.75 Å². The largest absolute Gasteiger partial charge is 0.459 e. The Labute approximate surface area is 209 Å². The number of aldehydes is 1. The molecule has 10 heteroatoms. The number of aliphatic hydroxyl groups excluding tert-OH is 1. The lowest BCUT2D eigenvalue weighted by Gasteiger charge is -2.20. The van der Waals surface area contributed by atoms with E-state index < -0.39 is 6.29 Å². The maximum atomic E-state index is 12.3. The molecule has 188 valence electrons. The van der Waals surface area contributed by atoms with Gasteiger partial charge in [-0.2, -0.15) is 0 Å². The summed E-state index contributed by atoms with van der Waals surface area (Å²) in [5.74, 6) is -0.128. The number of hydrazine groups is 1. The molecule has 1 unspecified atom stereocenters. The second kappa shape index (κ2) is 11.9. The van der Waals surface area contributed by atoms with Crippen LogP contribution in [0.25, 0.3) is 6.08 Å². The molecule has 0 aliphatic rings. The van der Waals surface area contributed by atoms with Gasteiger partial charge < -0.3 is 20.5 Å². The molecule has 3 rings (SSSR count). The lowest BCUT2D eigenvalue weighted by atomic mass is 10.1. The number of nitrogens with zero attached hydrogens (tertiary/aromatic N) is 3. The van der Waals surface area contributed by atoms with Gasteiger partial charge in [0.05, 0.1) is 5.69 Å². The first-order chi connectivity index (χ1) is 17.2. The van der Waals surface area contributed by atoms with E-state index >= 15 is 0 Å². The number of pyridine rings is 2. The zero-order valence-corrected chi connectivity index (χ0v) is 20.6. The molecule has 3 aromatic rings. The maximum Gasteiger partial charge on any atom is 0.265 e. The summed E-state index contributed by atoms with van der Waals surface area (Å²) in [7, 11) is 3.85. The number of ether oxygens (including phenoxy) is 1. The highest BCUT2D eigenvalue weighted by Gasteiger charge is 2.19. The van der Waals surface area contributed by atoms with Crippen molar-refractivity contribution >= 4 is 29.6 Å². The standard InChI is InChI=1S/C26H30N6O4/c1-16(11-19-5-6-21(32(3)4)12-23(19)27)26(35)36-24-17(2)29-13-20(15-33)22(24)14-30-31-25(34)18-7-9-28-10-8-18/h5-13,15,26,30,35H,14,27H2,1-4H3,(H,31,34). The van der Waals surface area contributed by atoms with Crippen LogP contribution in [0.3, 0.4) is 0 Å². The van der Waals surface area contributed by atoms with E-state index in [1.54, 1.807) is 32.1 Å². The van der Waals surface area contributed by atoms with E-state index in [0.717, 1.165) is 11.3 Å². The van der Waals surface area contributed by atoms with Crippen LogP contribution in [-0.2, 0) is 6.54 Å². The molecular formula is C26H30N6O4. The minimum atomic E-state index is -1.33. The number of nitrogen functional groups attached to an aromatic ring is 1. The number of nitrogens with one attached hydrogen (secondary N) is 2. The first-order valence-electron chi connectivity index (χ1n) is 11.2. The molecule has 0 saturated carbocycles. The predicted octanol–water partition coefficient (Wildman–Crippen LogP) is 2.48. The fraction of sp³-hybridized carbons (Fsp3) is 0.231. The van der Waals surface area contributed by atoms with Crippen molar-refractivity contribution in [1.82, 2.24) is 20.8 Å². The van der Waals surface area contributed by atoms with Crippen LogP contribution in [0.4, 0.5) is 11.4 Å². The molecule has 0 bridgehead atoms. The summed E-state index contributed by atoms with van der Waals surface area (Å²) in [4.78, 5) is 34.0. The number of aliphatic hydroxyl groups is 1. The van der Waals surface area contributed by atoms with Gasteiger partial charge in [-0.15, -0.1) is 0 Å². The second-order valence-electron chi connectivity index (χ2n) is 8.33. The number of amides is 1. The molecule has 0 saturated heterocycles. The van der Waals surface area contributed by atoms with E-state index in [-0.39, 0.29) is 23.8 Å². The predicted molar refractivity (Wildman–Crippen MR) is 138 cm³/mol. The molecule has 0 radical (unpaired) electrons. The fourth-order valence-corrected chi connectivity index (χ4v) is 3.37. The Morgan fingerprint density at radius 1 is 1.22 bits per heavy atom. The maximum absolute atomic E-state index is 12.3. The van der Waals surface area contributed by atoms with E-state index in [0.29, 0.717) is 34.4 Å². The van der Waals surface area contributed by atoms with Crippen molar-refractivity contribution in [2.24, 2.45) is 0 Å². The van der Waals surface area contributed by atoms with Crippen molar-refractivity contribution in [3.63, 3.8) is 0 Å². The van der Waals surface area contributed by atoms with Crippen LogP contribution in [0, 0.1) is 6.92 Å². The Bertz CT molecular complexity index is 1260. The summed E-state index contributed by atoms with van der Waals surface area (Å²) in [6, 6.07) is 8.78. The molecule has 1 aromatic carbocycles. The number of benzene rings is 1. The number of carbonyl (C=O) groups is 2. The van der Waals surface area contributed by atoms with Gasteiger partial charge in [-0.05, 0) is 55.3 Å². The van der Waals surface area contributed by atoms with Crippen molar-refractivity contribution in [2.75, 3.05) is 24.7 Å². The van der Waals surface area contributed by atoms with Crippen LogP contribution in [-0.4, -0.2) is 47.7 Å². The number of carbonyl (C=O) groups excluding carboxylic acids is 2. The first-order valence-corrected chi connectivity index (χ1v) is 11.2. The number of anilines is 2. The van der Waals surface area contributed by atoms with E-state index in [1.165, 1.54) is 18.6 Å². The van der Waals surface area contributed by atoms with Gasteiger partial charge in [0.25, 0.3) is 5.91 Å². The van der Waals surface area contributed by atoms with Crippen molar-refractivity contribution in [3.05, 3.63) is 82.4 Å². The number of aromatic nitrogens is 2. The average molecular weight is 491 g/mol. The summed E-state index contributed by atoms with van der Waals surface area (Å²) >= 11 is 0. The SMILES string of the molecule is CC(=Cc1ccc(N(C)C)cc1N)C(O)Oc1c(C)ncc(C=O)c1CNNC(=O)c1ccncc1. The van der Waals surface area contributed by atoms with Gasteiger partial charge in [-0.1, -0.05) is 6.07 Å². The molecule has 0 spiro atoms. The van der Waals surface area contributed by atoms with Gasteiger partial charge in [0.1, 0.15) is 5.75 Å². The molecule has 0 aliphatic carbocycles. The lowest BCUT2D eigenvalue weighted by molar-refractivity contribution is 0.0138. The fourth-order valence-electron chi connectivity index (χ4n) is 3.37. The number of aryl methyl sites for hydroxylation is 1. The monoisotopic (exact) mass is 490 g/mol. The van der Waals surface area contributed by atoms with E-state index in [9.17, 15) is 14.7 Å². The van der Waals surface area contributed by atoms with Crippen molar-refractivity contribution in [3.8, 4) is 5.75 Å². The molecule has 2 heterocycles. The summed E-state index contributed by atoms with van der Waals surface area (Å²) in [5, 5.41) is 10.8. The zero-order chi connectivity index (χ0) is 26.2. The lowest BCUT2D eigenvalue weighted by Crippen LogP contribution is -2.37. The summed E-state index contributed by atoms with van der Waals surface area (Å²) in [5.41, 5.74) is 15.9. The summed E-state index contributed by atoms with van der Waals surface area (Å²) in [6.07, 6.45) is 5.49. The molecule has 0 fully saturated rings. The third-order valence-electron chi connectivity index (χ3n) is 5.47. The second-order valence-corrected chi connectivity index (χ2v) is 8.33. The van der Waals surface area contributed by atoms with Crippen LogP contribution >= 0.6 is 0 Å². The average Bonchev–Trinajstić information content (AvgIpc) is 2.87. The van der Waals surface area contributed by atoms with Crippen molar-refractivity contribution < 1.29 is 19.4 Å². The molecule has 36 heavy (non-hydrogen) atoms. The van der Waals surface area contributed by atoms with Gasteiger partial charge in [-0.3, -0.25) is 25.0 Å². The molecular weight excluding hydrogens is 460 g/mol. The summed E-state index contributed by atoms with van der Waals surface area (Å²) < 4.78 is 5.85. The molecule has 1 amide bonds. The Hall–Kier alpha value is -4.28. The Kier molecular flexibility index (Phi) is 8.71. The van der Waals surface area contributed by atoms with E-state index in [1.807, 2.05) is 37.2 Å². The molecule has 5 N–H and O–H groups in total. The topological polar surface area (TPSA) is 143 Å². The Morgan fingerprint density at radius 3 is 2.58 bits per heavy atom. The molecule has 0 aliphatic heterocycles. The zero-order valence-electron chi connectivity index (χ0n) is 20.6. The first kappa shape index (κ1) is 26.3. The minimum Gasteiger partial charge on any atom is -0.459 e. The molecule has 2 aromatic heterocycles.